The number of para-hydroxylation sites is 1. The summed E-state index contributed by atoms with van der Waals surface area (Å²) < 4.78 is 11.2. The van der Waals surface area contributed by atoms with E-state index < -0.39 is 0 Å². The van der Waals surface area contributed by atoms with Crippen molar-refractivity contribution < 1.29 is 14.3 Å². The van der Waals surface area contributed by atoms with Crippen LogP contribution in [0.15, 0.2) is 91.3 Å². The Kier molecular flexibility index (Phi) is 6.84. The van der Waals surface area contributed by atoms with Crippen molar-refractivity contribution in [1.82, 2.24) is 15.3 Å². The van der Waals surface area contributed by atoms with Gasteiger partial charge in [-0.2, -0.15) is 0 Å². The van der Waals surface area contributed by atoms with Gasteiger partial charge in [0.05, 0.1) is 6.54 Å². The number of rotatable bonds is 9. The van der Waals surface area contributed by atoms with E-state index in [1.165, 1.54) is 0 Å². The SMILES string of the molecule is CC(NCc1ncccn1)c1cc(-c2cccc(Oc3ccccc3)c2)ccc1OC=O. The Morgan fingerprint density at radius 1 is 0.875 bits per heavy atom. The van der Waals surface area contributed by atoms with Gasteiger partial charge in [-0.05, 0) is 60.5 Å². The molecule has 4 rings (SSSR count). The van der Waals surface area contributed by atoms with Crippen LogP contribution < -0.4 is 14.8 Å². The van der Waals surface area contributed by atoms with Crippen LogP contribution in [0.25, 0.3) is 11.1 Å². The molecule has 0 aliphatic heterocycles. The van der Waals surface area contributed by atoms with Crippen molar-refractivity contribution in [3.63, 3.8) is 0 Å². The number of ether oxygens (including phenoxy) is 2. The maximum atomic E-state index is 11.0. The molecular formula is C26H23N3O3. The minimum atomic E-state index is -0.0996. The highest BCUT2D eigenvalue weighted by molar-refractivity contribution is 5.68. The van der Waals surface area contributed by atoms with Gasteiger partial charge in [-0.15, -0.1) is 0 Å². The minimum Gasteiger partial charge on any atom is -0.457 e. The number of aromatic nitrogens is 2. The summed E-state index contributed by atoms with van der Waals surface area (Å²) in [6.45, 7) is 2.95. The first-order valence-corrected chi connectivity index (χ1v) is 10.3. The standard InChI is InChI=1S/C26H23N3O3/c1-19(29-17-26-27-13-6-14-28-26)24-16-21(11-12-25(24)31-18-30)20-7-5-10-23(15-20)32-22-8-3-2-4-9-22/h2-16,18-19,29H,17H2,1H3. The molecule has 6 heteroatoms. The van der Waals surface area contributed by atoms with E-state index in [-0.39, 0.29) is 6.04 Å². The van der Waals surface area contributed by atoms with Gasteiger partial charge < -0.3 is 14.8 Å². The molecule has 6 nitrogen and oxygen atoms in total. The monoisotopic (exact) mass is 425 g/mol. The van der Waals surface area contributed by atoms with Gasteiger partial charge in [0.25, 0.3) is 6.47 Å². The van der Waals surface area contributed by atoms with Crippen LogP contribution in [-0.2, 0) is 11.3 Å². The Hall–Kier alpha value is -4.03. The zero-order valence-electron chi connectivity index (χ0n) is 17.6. The summed E-state index contributed by atoms with van der Waals surface area (Å²) in [6.07, 6.45) is 3.42. The Labute approximate surface area is 186 Å². The third kappa shape index (κ3) is 5.36. The summed E-state index contributed by atoms with van der Waals surface area (Å²) in [6, 6.07) is 25.0. The predicted octanol–water partition coefficient (Wildman–Crippen LogP) is 5.32. The lowest BCUT2D eigenvalue weighted by atomic mass is 9.99. The first kappa shape index (κ1) is 21.2. The molecule has 0 aliphatic carbocycles. The van der Waals surface area contributed by atoms with Gasteiger partial charge in [0.2, 0.25) is 0 Å². The van der Waals surface area contributed by atoms with E-state index in [4.69, 9.17) is 9.47 Å². The molecule has 0 saturated carbocycles. The summed E-state index contributed by atoms with van der Waals surface area (Å²) in [5.41, 5.74) is 2.84. The molecule has 160 valence electrons. The Bertz CT molecular complexity index is 1170. The van der Waals surface area contributed by atoms with Crippen molar-refractivity contribution in [2.45, 2.75) is 19.5 Å². The van der Waals surface area contributed by atoms with Crippen LogP contribution in [0.1, 0.15) is 24.4 Å². The predicted molar refractivity (Wildman–Crippen MR) is 122 cm³/mol. The first-order valence-electron chi connectivity index (χ1n) is 10.3. The smallest absolute Gasteiger partial charge is 0.298 e. The van der Waals surface area contributed by atoms with Crippen LogP contribution in [-0.4, -0.2) is 16.4 Å². The Balaban J connectivity index is 1.58. The van der Waals surface area contributed by atoms with Crippen molar-refractivity contribution >= 4 is 6.47 Å². The quantitative estimate of drug-likeness (QED) is 0.366. The second kappa shape index (κ2) is 10.3. The van der Waals surface area contributed by atoms with Gasteiger partial charge in [0.15, 0.2) is 0 Å². The zero-order chi connectivity index (χ0) is 22.2. The first-order chi connectivity index (χ1) is 15.7. The summed E-state index contributed by atoms with van der Waals surface area (Å²) in [5, 5.41) is 3.39. The van der Waals surface area contributed by atoms with E-state index in [0.29, 0.717) is 24.6 Å². The summed E-state index contributed by atoms with van der Waals surface area (Å²) in [4.78, 5) is 19.5. The molecule has 0 fully saturated rings. The van der Waals surface area contributed by atoms with Gasteiger partial charge in [0.1, 0.15) is 23.1 Å². The van der Waals surface area contributed by atoms with Gasteiger partial charge in [-0.25, -0.2) is 9.97 Å². The fraction of sp³-hybridized carbons (Fsp3) is 0.115. The highest BCUT2D eigenvalue weighted by atomic mass is 16.5. The molecule has 1 heterocycles. The molecule has 0 spiro atoms. The molecular weight excluding hydrogens is 402 g/mol. The van der Waals surface area contributed by atoms with Crippen LogP contribution in [0.2, 0.25) is 0 Å². The molecule has 0 saturated heterocycles. The molecule has 1 aromatic heterocycles. The molecule has 1 atom stereocenters. The Morgan fingerprint density at radius 3 is 2.41 bits per heavy atom. The van der Waals surface area contributed by atoms with E-state index >= 15 is 0 Å². The molecule has 0 bridgehead atoms. The molecule has 0 aliphatic rings. The molecule has 3 aromatic carbocycles. The van der Waals surface area contributed by atoms with Gasteiger partial charge in [-0.3, -0.25) is 4.79 Å². The van der Waals surface area contributed by atoms with Crippen LogP contribution in [0.5, 0.6) is 17.2 Å². The summed E-state index contributed by atoms with van der Waals surface area (Å²) >= 11 is 0. The minimum absolute atomic E-state index is 0.0996. The van der Waals surface area contributed by atoms with E-state index in [1.807, 2.05) is 73.7 Å². The van der Waals surface area contributed by atoms with Crippen molar-refractivity contribution in [3.05, 3.63) is 103 Å². The number of carbonyl (C=O) groups excluding carboxylic acids is 1. The number of carbonyl (C=O) groups is 1. The fourth-order valence-electron chi connectivity index (χ4n) is 3.36. The van der Waals surface area contributed by atoms with Crippen LogP contribution >= 0.6 is 0 Å². The highest BCUT2D eigenvalue weighted by Crippen LogP contribution is 2.33. The van der Waals surface area contributed by atoms with Gasteiger partial charge >= 0.3 is 0 Å². The number of nitrogens with one attached hydrogen (secondary N) is 1. The lowest BCUT2D eigenvalue weighted by Gasteiger charge is -2.18. The number of benzene rings is 3. The highest BCUT2D eigenvalue weighted by Gasteiger charge is 2.14. The lowest BCUT2D eigenvalue weighted by molar-refractivity contribution is -0.120. The maximum absolute atomic E-state index is 11.0. The van der Waals surface area contributed by atoms with Crippen LogP contribution in [0.3, 0.4) is 0 Å². The number of hydrogen-bond donors (Lipinski definition) is 1. The molecule has 1 unspecified atom stereocenters. The molecule has 4 aromatic rings. The van der Waals surface area contributed by atoms with E-state index in [9.17, 15) is 4.79 Å². The topological polar surface area (TPSA) is 73.3 Å². The van der Waals surface area contributed by atoms with E-state index in [2.05, 4.69) is 15.3 Å². The van der Waals surface area contributed by atoms with E-state index in [1.54, 1.807) is 24.5 Å². The maximum Gasteiger partial charge on any atom is 0.298 e. The fourth-order valence-corrected chi connectivity index (χ4v) is 3.36. The third-order valence-electron chi connectivity index (χ3n) is 4.98. The summed E-state index contributed by atoms with van der Waals surface area (Å²) in [5.74, 6) is 2.73. The van der Waals surface area contributed by atoms with E-state index in [0.717, 1.165) is 28.2 Å². The van der Waals surface area contributed by atoms with Crippen molar-refractivity contribution in [2.24, 2.45) is 0 Å². The van der Waals surface area contributed by atoms with Crippen molar-refractivity contribution in [1.29, 1.82) is 0 Å². The number of nitrogens with zero attached hydrogens (tertiary/aromatic N) is 2. The second-order valence-corrected chi connectivity index (χ2v) is 7.18. The van der Waals surface area contributed by atoms with Crippen LogP contribution in [0, 0.1) is 0 Å². The number of hydrogen-bond acceptors (Lipinski definition) is 6. The van der Waals surface area contributed by atoms with Gasteiger partial charge in [0, 0.05) is 24.0 Å². The molecule has 1 N–H and O–H groups in total. The normalized spacial score (nSPS) is 11.5. The average molecular weight is 425 g/mol. The molecule has 0 amide bonds. The summed E-state index contributed by atoms with van der Waals surface area (Å²) in [7, 11) is 0. The molecule has 0 radical (unpaired) electrons. The van der Waals surface area contributed by atoms with Crippen molar-refractivity contribution in [2.75, 3.05) is 0 Å². The lowest BCUT2D eigenvalue weighted by Crippen LogP contribution is -2.20. The largest absolute Gasteiger partial charge is 0.457 e. The average Bonchev–Trinajstić information content (AvgIpc) is 2.84. The van der Waals surface area contributed by atoms with Crippen molar-refractivity contribution in [3.8, 4) is 28.4 Å². The molecule has 32 heavy (non-hydrogen) atoms. The zero-order valence-corrected chi connectivity index (χ0v) is 17.6. The second-order valence-electron chi connectivity index (χ2n) is 7.18. The Morgan fingerprint density at radius 2 is 1.62 bits per heavy atom. The van der Waals surface area contributed by atoms with Gasteiger partial charge in [-0.1, -0.05) is 36.4 Å². The third-order valence-corrected chi connectivity index (χ3v) is 4.98. The van der Waals surface area contributed by atoms with Crippen LogP contribution in [0.4, 0.5) is 0 Å².